The summed E-state index contributed by atoms with van der Waals surface area (Å²) in [5, 5.41) is 6.17. The molecule has 2 fully saturated rings. The van der Waals surface area contributed by atoms with Crippen molar-refractivity contribution < 1.29 is 9.59 Å². The third kappa shape index (κ3) is 4.49. The normalized spacial score (nSPS) is 20.7. The molecule has 0 radical (unpaired) electrons. The summed E-state index contributed by atoms with van der Waals surface area (Å²) in [5.74, 6) is 1.12. The van der Waals surface area contributed by atoms with Gasteiger partial charge in [0.1, 0.15) is 5.82 Å². The van der Waals surface area contributed by atoms with Crippen molar-refractivity contribution in [2.24, 2.45) is 11.8 Å². The molecule has 2 aliphatic carbocycles. The predicted molar refractivity (Wildman–Crippen MR) is 136 cm³/mol. The van der Waals surface area contributed by atoms with Gasteiger partial charge in [-0.25, -0.2) is 4.98 Å². The van der Waals surface area contributed by atoms with Crippen LogP contribution in [-0.2, 0) is 4.79 Å². The van der Waals surface area contributed by atoms with E-state index in [-0.39, 0.29) is 23.8 Å². The van der Waals surface area contributed by atoms with E-state index in [4.69, 9.17) is 4.98 Å². The Morgan fingerprint density at radius 2 is 1.85 bits per heavy atom. The Morgan fingerprint density at radius 3 is 2.56 bits per heavy atom. The van der Waals surface area contributed by atoms with Crippen LogP contribution < -0.4 is 10.6 Å². The smallest absolute Gasteiger partial charge is 0.251 e. The number of imidazole rings is 1. The summed E-state index contributed by atoms with van der Waals surface area (Å²) in [4.78, 5) is 33.3. The number of aromatic nitrogens is 2. The van der Waals surface area contributed by atoms with E-state index in [2.05, 4.69) is 29.1 Å². The van der Waals surface area contributed by atoms with E-state index < -0.39 is 0 Å². The van der Waals surface area contributed by atoms with E-state index in [1.165, 1.54) is 19.3 Å². The summed E-state index contributed by atoms with van der Waals surface area (Å²) >= 11 is 0. The van der Waals surface area contributed by atoms with Crippen LogP contribution in [0.3, 0.4) is 0 Å². The number of benzene rings is 2. The highest BCUT2D eigenvalue weighted by Gasteiger charge is 2.37. The van der Waals surface area contributed by atoms with Crippen molar-refractivity contribution in [1.29, 1.82) is 0 Å². The standard InChI is InChI=1S/C28H32N4O2/c1-3-18-15-23(17(18)2)28(34)30-22-12-9-19(10-13-22)26-31-24-14-11-20(16-25(24)32-26)27(33)29-21-7-5-4-6-8-21/h9-14,16,18,21,23H,2-8,15H2,1H3,(H,29,33)(H,30,34)(H,31,32). The average Bonchev–Trinajstić information content (AvgIpc) is 3.28. The molecule has 0 aliphatic heterocycles. The Kier molecular flexibility index (Phi) is 6.22. The first kappa shape index (κ1) is 22.4. The Hall–Kier alpha value is -3.41. The number of nitrogens with zero attached hydrogens (tertiary/aromatic N) is 1. The van der Waals surface area contributed by atoms with Crippen LogP contribution in [-0.4, -0.2) is 27.8 Å². The van der Waals surface area contributed by atoms with Gasteiger partial charge in [-0.15, -0.1) is 0 Å². The third-order valence-corrected chi connectivity index (χ3v) is 7.41. The van der Waals surface area contributed by atoms with E-state index in [9.17, 15) is 9.59 Å². The Bertz CT molecular complexity index is 1220. The van der Waals surface area contributed by atoms with Crippen LogP contribution in [0, 0.1) is 11.8 Å². The maximum Gasteiger partial charge on any atom is 0.251 e. The summed E-state index contributed by atoms with van der Waals surface area (Å²) in [6.45, 7) is 6.21. The number of nitrogens with one attached hydrogen (secondary N) is 3. The van der Waals surface area contributed by atoms with Gasteiger partial charge in [-0.3, -0.25) is 9.59 Å². The fourth-order valence-electron chi connectivity index (χ4n) is 5.16. The number of aromatic amines is 1. The number of carbonyl (C=O) groups excluding carboxylic acids is 2. The molecule has 3 aromatic rings. The number of rotatable bonds is 6. The SMILES string of the molecule is C=C1C(CC)CC1C(=O)Nc1ccc(-c2nc3cc(C(=O)NC4CCCCC4)ccc3[nH]2)cc1. The molecule has 6 heteroatoms. The van der Waals surface area contributed by atoms with Crippen molar-refractivity contribution in [1.82, 2.24) is 15.3 Å². The van der Waals surface area contributed by atoms with Gasteiger partial charge in [0.05, 0.1) is 17.0 Å². The lowest BCUT2D eigenvalue weighted by Crippen LogP contribution is -2.36. The lowest BCUT2D eigenvalue weighted by Gasteiger charge is -2.36. The number of anilines is 1. The minimum atomic E-state index is -0.0792. The molecule has 0 saturated heterocycles. The molecule has 2 aromatic carbocycles. The molecule has 2 saturated carbocycles. The zero-order chi connectivity index (χ0) is 23.7. The quantitative estimate of drug-likeness (QED) is 0.408. The van der Waals surface area contributed by atoms with Crippen LogP contribution in [0.1, 0.15) is 62.2 Å². The van der Waals surface area contributed by atoms with Gasteiger partial charge in [0.2, 0.25) is 5.91 Å². The minimum absolute atomic E-state index is 0.0187. The third-order valence-electron chi connectivity index (χ3n) is 7.41. The number of carbonyl (C=O) groups is 2. The molecule has 176 valence electrons. The monoisotopic (exact) mass is 456 g/mol. The fourth-order valence-corrected chi connectivity index (χ4v) is 5.16. The number of fused-ring (bicyclic) bond motifs is 1. The first-order chi connectivity index (χ1) is 16.5. The van der Waals surface area contributed by atoms with E-state index in [1.54, 1.807) is 0 Å². The first-order valence-corrected chi connectivity index (χ1v) is 12.4. The van der Waals surface area contributed by atoms with Crippen LogP contribution >= 0.6 is 0 Å². The molecule has 1 aromatic heterocycles. The average molecular weight is 457 g/mol. The van der Waals surface area contributed by atoms with E-state index in [0.29, 0.717) is 11.5 Å². The molecule has 34 heavy (non-hydrogen) atoms. The minimum Gasteiger partial charge on any atom is -0.349 e. The van der Waals surface area contributed by atoms with Crippen LogP contribution in [0.25, 0.3) is 22.4 Å². The number of hydrogen-bond donors (Lipinski definition) is 3. The summed E-state index contributed by atoms with van der Waals surface area (Å²) in [5.41, 5.74) is 5.01. The Balaban J connectivity index is 1.25. The van der Waals surface area contributed by atoms with E-state index in [0.717, 1.165) is 59.4 Å². The molecule has 2 atom stereocenters. The zero-order valence-corrected chi connectivity index (χ0v) is 19.7. The first-order valence-electron chi connectivity index (χ1n) is 12.4. The van der Waals surface area contributed by atoms with Crippen LogP contribution in [0.4, 0.5) is 5.69 Å². The second-order valence-corrected chi connectivity index (χ2v) is 9.66. The molecule has 2 amide bonds. The molecular weight excluding hydrogens is 424 g/mol. The fraction of sp³-hybridized carbons (Fsp3) is 0.393. The highest BCUT2D eigenvalue weighted by atomic mass is 16.2. The molecule has 5 rings (SSSR count). The Labute approximate surface area is 200 Å². The predicted octanol–water partition coefficient (Wildman–Crippen LogP) is 5.83. The molecular formula is C28H32N4O2. The topological polar surface area (TPSA) is 86.9 Å². The number of H-pyrrole nitrogens is 1. The lowest BCUT2D eigenvalue weighted by atomic mass is 9.69. The van der Waals surface area contributed by atoms with E-state index >= 15 is 0 Å². The van der Waals surface area contributed by atoms with Gasteiger partial charge in [-0.2, -0.15) is 0 Å². The molecule has 1 heterocycles. The van der Waals surface area contributed by atoms with Crippen molar-refractivity contribution in [2.75, 3.05) is 5.32 Å². The van der Waals surface area contributed by atoms with Crippen molar-refractivity contribution in [2.45, 2.75) is 57.9 Å². The van der Waals surface area contributed by atoms with Crippen molar-refractivity contribution >= 4 is 28.5 Å². The van der Waals surface area contributed by atoms with Crippen LogP contribution in [0.15, 0.2) is 54.6 Å². The molecule has 3 N–H and O–H groups in total. The van der Waals surface area contributed by atoms with Gasteiger partial charge in [0.25, 0.3) is 5.91 Å². The maximum atomic E-state index is 12.7. The largest absolute Gasteiger partial charge is 0.349 e. The van der Waals surface area contributed by atoms with Gasteiger partial charge in [0, 0.05) is 22.9 Å². The number of amides is 2. The van der Waals surface area contributed by atoms with Gasteiger partial charge in [-0.1, -0.05) is 38.3 Å². The van der Waals surface area contributed by atoms with Crippen molar-refractivity contribution in [3.05, 3.63) is 60.2 Å². The molecule has 2 unspecified atom stereocenters. The highest BCUT2D eigenvalue weighted by molar-refractivity contribution is 5.98. The second kappa shape index (κ2) is 9.45. The van der Waals surface area contributed by atoms with Gasteiger partial charge >= 0.3 is 0 Å². The Morgan fingerprint density at radius 1 is 1.09 bits per heavy atom. The van der Waals surface area contributed by atoms with Gasteiger partial charge < -0.3 is 15.6 Å². The van der Waals surface area contributed by atoms with Crippen LogP contribution in [0.5, 0.6) is 0 Å². The summed E-state index contributed by atoms with van der Waals surface area (Å²) in [7, 11) is 0. The second-order valence-electron chi connectivity index (χ2n) is 9.66. The molecule has 0 spiro atoms. The molecule has 6 nitrogen and oxygen atoms in total. The molecule has 0 bridgehead atoms. The summed E-state index contributed by atoms with van der Waals surface area (Å²) < 4.78 is 0. The van der Waals surface area contributed by atoms with Crippen molar-refractivity contribution in [3.8, 4) is 11.4 Å². The van der Waals surface area contributed by atoms with Crippen molar-refractivity contribution in [3.63, 3.8) is 0 Å². The number of hydrogen-bond acceptors (Lipinski definition) is 3. The van der Waals surface area contributed by atoms with Gasteiger partial charge in [-0.05, 0) is 74.1 Å². The summed E-state index contributed by atoms with van der Waals surface area (Å²) in [6.07, 6.45) is 7.68. The lowest BCUT2D eigenvalue weighted by molar-refractivity contribution is -0.120. The van der Waals surface area contributed by atoms with Gasteiger partial charge in [0.15, 0.2) is 0 Å². The van der Waals surface area contributed by atoms with E-state index in [1.807, 2.05) is 42.5 Å². The molecule has 2 aliphatic rings. The maximum absolute atomic E-state index is 12.7. The summed E-state index contributed by atoms with van der Waals surface area (Å²) in [6, 6.07) is 13.5. The van der Waals surface area contributed by atoms with Crippen LogP contribution in [0.2, 0.25) is 0 Å². The highest BCUT2D eigenvalue weighted by Crippen LogP contribution is 2.41. The zero-order valence-electron chi connectivity index (χ0n) is 19.7.